The highest BCUT2D eigenvalue weighted by Gasteiger charge is 2.48. The van der Waals surface area contributed by atoms with Crippen molar-refractivity contribution in [2.75, 3.05) is 0 Å². The van der Waals surface area contributed by atoms with E-state index in [-0.39, 0.29) is 17.5 Å². The zero-order chi connectivity index (χ0) is 18.4. The maximum Gasteiger partial charge on any atom is 0.326 e. The Kier molecular flexibility index (Phi) is 4.01. The van der Waals surface area contributed by atoms with Crippen LogP contribution in [0, 0.1) is 12.8 Å². The first kappa shape index (κ1) is 16.8. The molecule has 0 bridgehead atoms. The van der Waals surface area contributed by atoms with Gasteiger partial charge in [-0.05, 0) is 43.7 Å². The number of fused-ring (bicyclic) bond motifs is 2. The Bertz CT molecular complexity index is 951. The lowest BCUT2D eigenvalue weighted by Crippen LogP contribution is -2.47. The minimum Gasteiger partial charge on any atom is -0.480 e. The van der Waals surface area contributed by atoms with Crippen LogP contribution in [0.15, 0.2) is 29.3 Å². The van der Waals surface area contributed by atoms with Gasteiger partial charge in [0.2, 0.25) is 0 Å². The molecule has 1 saturated heterocycles. The van der Waals surface area contributed by atoms with Crippen LogP contribution in [0.2, 0.25) is 0 Å². The van der Waals surface area contributed by atoms with Gasteiger partial charge in [-0.15, -0.1) is 0 Å². The molecule has 2 fully saturated rings. The average Bonchev–Trinajstić information content (AvgIpc) is 3.02. The molecule has 2 aromatic rings. The average molecular weight is 355 g/mol. The third kappa shape index (κ3) is 2.58. The normalized spacial score (nSPS) is 25.3. The number of carbonyl (C=O) groups excluding carboxylic acids is 1. The quantitative estimate of drug-likeness (QED) is 0.888. The first-order valence-electron chi connectivity index (χ1n) is 9.01. The summed E-state index contributed by atoms with van der Waals surface area (Å²) in [5.74, 6) is -1.31. The third-order valence-electron chi connectivity index (χ3n) is 5.69. The maximum atomic E-state index is 13.2. The monoisotopic (exact) mass is 355 g/mol. The zero-order valence-electron chi connectivity index (χ0n) is 14.6. The van der Waals surface area contributed by atoms with Crippen molar-refractivity contribution in [2.24, 2.45) is 5.92 Å². The van der Waals surface area contributed by atoms with E-state index in [9.17, 15) is 19.5 Å². The minimum atomic E-state index is -1.00. The van der Waals surface area contributed by atoms with Gasteiger partial charge in [-0.3, -0.25) is 14.0 Å². The number of carbonyl (C=O) groups is 2. The number of hydrogen-bond donors (Lipinski definition) is 1. The molecule has 1 aliphatic carbocycles. The number of aliphatic carboxylic acids is 1. The van der Waals surface area contributed by atoms with Crippen LogP contribution in [-0.2, 0) is 4.79 Å². The Morgan fingerprint density at radius 1 is 1.23 bits per heavy atom. The summed E-state index contributed by atoms with van der Waals surface area (Å²) in [6.45, 7) is 1.86. The van der Waals surface area contributed by atoms with Gasteiger partial charge in [0.1, 0.15) is 17.3 Å². The molecule has 2 aliphatic rings. The van der Waals surface area contributed by atoms with Crippen LogP contribution in [0.4, 0.5) is 0 Å². The predicted molar refractivity (Wildman–Crippen MR) is 94.2 cm³/mol. The summed E-state index contributed by atoms with van der Waals surface area (Å²) in [4.78, 5) is 43.4. The van der Waals surface area contributed by atoms with Crippen LogP contribution in [0.3, 0.4) is 0 Å². The molecule has 0 spiro atoms. The van der Waals surface area contributed by atoms with E-state index in [1.54, 1.807) is 12.3 Å². The molecule has 1 amide bonds. The number of pyridine rings is 1. The Labute approximate surface area is 150 Å². The second kappa shape index (κ2) is 6.23. The number of carboxylic acids is 1. The van der Waals surface area contributed by atoms with Crippen LogP contribution >= 0.6 is 0 Å². The van der Waals surface area contributed by atoms with Gasteiger partial charge in [0.05, 0.1) is 0 Å². The number of likely N-dealkylation sites (tertiary alicyclic amines) is 1. The maximum absolute atomic E-state index is 13.2. The first-order chi connectivity index (χ1) is 12.5. The van der Waals surface area contributed by atoms with Gasteiger partial charge in [-0.1, -0.05) is 18.9 Å². The summed E-state index contributed by atoms with van der Waals surface area (Å²) in [5.41, 5.74) is 0.824. The number of aromatic nitrogens is 2. The molecule has 1 saturated carbocycles. The van der Waals surface area contributed by atoms with E-state index in [1.807, 2.05) is 13.0 Å². The van der Waals surface area contributed by atoms with Crippen molar-refractivity contribution in [1.29, 1.82) is 0 Å². The molecule has 26 heavy (non-hydrogen) atoms. The molecule has 2 aromatic heterocycles. The molecule has 1 aliphatic heterocycles. The Hall–Kier alpha value is -2.70. The van der Waals surface area contributed by atoms with Gasteiger partial charge in [0, 0.05) is 18.4 Å². The van der Waals surface area contributed by atoms with Crippen LogP contribution in [-0.4, -0.2) is 43.4 Å². The SMILES string of the molecule is Cc1ccc2ncc(C(=O)N3[C@H](C(=O)O)C[C@H]4CCCC[C@@H]43)c(=O)n2c1. The van der Waals surface area contributed by atoms with Gasteiger partial charge in [-0.25, -0.2) is 9.78 Å². The lowest BCUT2D eigenvalue weighted by molar-refractivity contribution is -0.141. The van der Waals surface area contributed by atoms with E-state index in [0.29, 0.717) is 12.1 Å². The van der Waals surface area contributed by atoms with Crippen molar-refractivity contribution >= 4 is 17.5 Å². The fraction of sp³-hybridized carbons (Fsp3) is 0.474. The van der Waals surface area contributed by atoms with Gasteiger partial charge in [0.25, 0.3) is 11.5 Å². The summed E-state index contributed by atoms with van der Waals surface area (Å²) in [5, 5.41) is 9.61. The number of nitrogens with zero attached hydrogens (tertiary/aromatic N) is 3. The molecule has 0 radical (unpaired) electrons. The van der Waals surface area contributed by atoms with Crippen LogP contribution < -0.4 is 5.56 Å². The molecule has 136 valence electrons. The van der Waals surface area contributed by atoms with E-state index in [0.717, 1.165) is 31.2 Å². The highest BCUT2D eigenvalue weighted by atomic mass is 16.4. The van der Waals surface area contributed by atoms with E-state index in [1.165, 1.54) is 15.5 Å². The predicted octanol–water partition coefficient (Wildman–Crippen LogP) is 1.86. The highest BCUT2D eigenvalue weighted by Crippen LogP contribution is 2.40. The molecule has 7 heteroatoms. The fourth-order valence-corrected chi connectivity index (χ4v) is 4.44. The van der Waals surface area contributed by atoms with Gasteiger partial charge < -0.3 is 10.0 Å². The largest absolute Gasteiger partial charge is 0.480 e. The molecular weight excluding hydrogens is 334 g/mol. The van der Waals surface area contributed by atoms with Crippen LogP contribution in [0.5, 0.6) is 0 Å². The van der Waals surface area contributed by atoms with Gasteiger partial charge >= 0.3 is 5.97 Å². The van der Waals surface area contributed by atoms with Crippen molar-refractivity contribution in [2.45, 2.75) is 51.1 Å². The molecule has 7 nitrogen and oxygen atoms in total. The van der Waals surface area contributed by atoms with Gasteiger partial charge in [0.15, 0.2) is 0 Å². The Morgan fingerprint density at radius 2 is 2.00 bits per heavy atom. The summed E-state index contributed by atoms with van der Waals surface area (Å²) in [6.07, 6.45) is 7.16. The number of amides is 1. The Morgan fingerprint density at radius 3 is 2.77 bits per heavy atom. The van der Waals surface area contributed by atoms with Crippen molar-refractivity contribution in [3.8, 4) is 0 Å². The summed E-state index contributed by atoms with van der Waals surface area (Å²) in [7, 11) is 0. The lowest BCUT2D eigenvalue weighted by Gasteiger charge is -2.32. The molecular formula is C19H21N3O4. The molecule has 3 atom stereocenters. The zero-order valence-corrected chi connectivity index (χ0v) is 14.6. The second-order valence-electron chi connectivity index (χ2n) is 7.33. The topological polar surface area (TPSA) is 92.0 Å². The summed E-state index contributed by atoms with van der Waals surface area (Å²) >= 11 is 0. The van der Waals surface area contributed by atoms with E-state index >= 15 is 0 Å². The number of aryl methyl sites for hydroxylation is 1. The summed E-state index contributed by atoms with van der Waals surface area (Å²) in [6, 6.07) is 2.60. The molecule has 4 rings (SSSR count). The highest BCUT2D eigenvalue weighted by molar-refractivity contribution is 5.97. The second-order valence-corrected chi connectivity index (χ2v) is 7.33. The minimum absolute atomic E-state index is 0.0643. The number of hydrogen-bond acceptors (Lipinski definition) is 4. The van der Waals surface area contributed by atoms with Crippen molar-refractivity contribution < 1.29 is 14.7 Å². The summed E-state index contributed by atoms with van der Waals surface area (Å²) < 4.78 is 1.35. The van der Waals surface area contributed by atoms with E-state index < -0.39 is 23.5 Å². The molecule has 0 unspecified atom stereocenters. The molecule has 3 heterocycles. The van der Waals surface area contributed by atoms with Crippen LogP contribution in [0.1, 0.15) is 48.0 Å². The standard InChI is InChI=1S/C19H21N3O4/c1-11-6-7-16-20-9-13(17(23)21(16)10-11)18(24)22-14-5-3-2-4-12(14)8-15(22)19(25)26/h6-7,9-10,12,14-15H,2-5,8H2,1H3,(H,25,26)/t12-,14+,15+/m1/s1. The fourth-order valence-electron chi connectivity index (χ4n) is 4.44. The number of carboxylic acid groups (broad SMARTS) is 1. The van der Waals surface area contributed by atoms with Crippen molar-refractivity contribution in [3.05, 3.63) is 46.0 Å². The number of rotatable bonds is 2. The van der Waals surface area contributed by atoms with E-state index in [4.69, 9.17) is 0 Å². The first-order valence-corrected chi connectivity index (χ1v) is 9.01. The van der Waals surface area contributed by atoms with Crippen molar-refractivity contribution in [3.63, 3.8) is 0 Å². The van der Waals surface area contributed by atoms with Crippen LogP contribution in [0.25, 0.3) is 5.65 Å². The van der Waals surface area contributed by atoms with Gasteiger partial charge in [-0.2, -0.15) is 0 Å². The smallest absolute Gasteiger partial charge is 0.326 e. The Balaban J connectivity index is 1.78. The molecule has 1 N–H and O–H groups in total. The van der Waals surface area contributed by atoms with Crippen molar-refractivity contribution in [1.82, 2.24) is 14.3 Å². The third-order valence-corrected chi connectivity index (χ3v) is 5.69. The lowest BCUT2D eigenvalue weighted by atomic mass is 9.84. The molecule has 0 aromatic carbocycles. The van der Waals surface area contributed by atoms with E-state index in [2.05, 4.69) is 4.98 Å².